The van der Waals surface area contributed by atoms with Crippen LogP contribution in [0.3, 0.4) is 0 Å². The Labute approximate surface area is 245 Å². The van der Waals surface area contributed by atoms with Crippen LogP contribution in [0.1, 0.15) is 15.5 Å². The maximum absolute atomic E-state index is 13.7. The fourth-order valence-electron chi connectivity index (χ4n) is 3.17. The predicted octanol–water partition coefficient (Wildman–Crippen LogP) is 5.11. The van der Waals surface area contributed by atoms with Crippen LogP contribution >= 0.6 is 23.1 Å². The second kappa shape index (κ2) is 15.5. The summed E-state index contributed by atoms with van der Waals surface area (Å²) >= 11 is 2.57. The van der Waals surface area contributed by atoms with Crippen LogP contribution < -0.4 is 4.74 Å². The van der Waals surface area contributed by atoms with Crippen LogP contribution in [-0.4, -0.2) is 89.0 Å². The van der Waals surface area contributed by atoms with Gasteiger partial charge in [0.2, 0.25) is 0 Å². The molecule has 0 bridgehead atoms. The lowest BCUT2D eigenvalue weighted by molar-refractivity contribution is -0.192. The summed E-state index contributed by atoms with van der Waals surface area (Å²) in [5, 5.41) is 18.4. The summed E-state index contributed by atoms with van der Waals surface area (Å²) in [7, 11) is 3.68. The molecule has 0 saturated heterocycles. The predicted molar refractivity (Wildman–Crippen MR) is 146 cm³/mol. The largest absolute Gasteiger partial charge is 0.490 e. The molecule has 228 valence electrons. The molecule has 0 fully saturated rings. The van der Waals surface area contributed by atoms with Crippen LogP contribution in [0.15, 0.2) is 46.7 Å². The van der Waals surface area contributed by atoms with E-state index in [0.29, 0.717) is 27.8 Å². The highest BCUT2D eigenvalue weighted by Gasteiger charge is 2.38. The number of hydrogen-bond donors (Lipinski definition) is 2. The molecule has 1 amide bonds. The van der Waals surface area contributed by atoms with Crippen LogP contribution in [0, 0.1) is 11.6 Å². The molecule has 9 nitrogen and oxygen atoms in total. The molecule has 3 aromatic rings. The van der Waals surface area contributed by atoms with E-state index in [9.17, 15) is 31.5 Å². The average molecular weight is 636 g/mol. The first-order valence-electron chi connectivity index (χ1n) is 11.8. The van der Waals surface area contributed by atoms with Crippen molar-refractivity contribution < 1.29 is 51.3 Å². The van der Waals surface area contributed by atoms with Crippen molar-refractivity contribution in [2.45, 2.75) is 17.7 Å². The van der Waals surface area contributed by atoms with Crippen LogP contribution in [0.2, 0.25) is 0 Å². The molecule has 0 aliphatic carbocycles. The van der Waals surface area contributed by atoms with Gasteiger partial charge in [0.05, 0.1) is 0 Å². The summed E-state index contributed by atoms with van der Waals surface area (Å²) in [6.07, 6.45) is -3.29. The zero-order valence-electron chi connectivity index (χ0n) is 22.4. The van der Waals surface area contributed by atoms with Gasteiger partial charge in [-0.05, 0) is 55.7 Å². The topological polar surface area (TPSA) is 120 Å². The first-order chi connectivity index (χ1) is 19.6. The SMILES string of the molecule is CSc1cc(F)c(F)cc1-c1ccc(OCc2nc(C(=O)N(CCN(C)C)CC(=O)O)cs2)cc1.O=C(O)C(F)(F)F. The van der Waals surface area contributed by atoms with Crippen molar-refractivity contribution >= 4 is 40.9 Å². The van der Waals surface area contributed by atoms with Crippen LogP contribution in [0.25, 0.3) is 11.1 Å². The number of alkyl halides is 3. The number of hydrogen-bond acceptors (Lipinski definition) is 8. The first kappa shape index (κ1) is 34.4. The zero-order chi connectivity index (χ0) is 31.6. The number of amides is 1. The van der Waals surface area contributed by atoms with Crippen molar-refractivity contribution in [3.05, 3.63) is 64.1 Å². The molecule has 0 radical (unpaired) electrons. The van der Waals surface area contributed by atoms with E-state index in [2.05, 4.69) is 4.98 Å². The summed E-state index contributed by atoms with van der Waals surface area (Å²) in [5.41, 5.74) is 1.48. The molecule has 1 aromatic heterocycles. The molecule has 0 unspecified atom stereocenters. The number of thioether (sulfide) groups is 1. The molecule has 0 aliphatic heterocycles. The number of aromatic nitrogens is 1. The lowest BCUT2D eigenvalue weighted by Gasteiger charge is -2.21. The van der Waals surface area contributed by atoms with E-state index in [-0.39, 0.29) is 18.8 Å². The lowest BCUT2D eigenvalue weighted by Crippen LogP contribution is -2.40. The number of halogens is 5. The number of rotatable bonds is 11. The normalized spacial score (nSPS) is 11.1. The lowest BCUT2D eigenvalue weighted by atomic mass is 10.1. The van der Waals surface area contributed by atoms with Crippen molar-refractivity contribution in [3.63, 3.8) is 0 Å². The van der Waals surface area contributed by atoms with Crippen molar-refractivity contribution in [1.82, 2.24) is 14.8 Å². The van der Waals surface area contributed by atoms with Gasteiger partial charge in [0.15, 0.2) is 11.6 Å². The summed E-state index contributed by atoms with van der Waals surface area (Å²) in [6.45, 7) is 0.510. The Kier molecular flexibility index (Phi) is 12.7. The Morgan fingerprint density at radius 1 is 1.02 bits per heavy atom. The maximum atomic E-state index is 13.7. The monoisotopic (exact) mass is 635 g/mol. The number of carbonyl (C=O) groups is 3. The van der Waals surface area contributed by atoms with E-state index in [1.54, 1.807) is 35.9 Å². The molecule has 2 aromatic carbocycles. The van der Waals surface area contributed by atoms with E-state index < -0.39 is 42.2 Å². The Morgan fingerprint density at radius 2 is 1.62 bits per heavy atom. The highest BCUT2D eigenvalue weighted by atomic mass is 32.2. The Morgan fingerprint density at radius 3 is 2.14 bits per heavy atom. The van der Waals surface area contributed by atoms with Crippen molar-refractivity contribution in [1.29, 1.82) is 0 Å². The number of carboxylic acids is 2. The number of benzene rings is 2. The number of aliphatic carboxylic acids is 2. The van der Waals surface area contributed by atoms with Gasteiger partial charge in [-0.15, -0.1) is 23.1 Å². The van der Waals surface area contributed by atoms with Crippen LogP contribution in [-0.2, 0) is 16.2 Å². The summed E-state index contributed by atoms with van der Waals surface area (Å²) < 4.78 is 64.8. The highest BCUT2D eigenvalue weighted by molar-refractivity contribution is 7.98. The molecule has 2 N–H and O–H groups in total. The Hall–Kier alpha value is -3.76. The third-order valence-electron chi connectivity index (χ3n) is 5.21. The third kappa shape index (κ3) is 10.6. The van der Waals surface area contributed by atoms with E-state index in [0.717, 1.165) is 5.56 Å². The number of thiazole rings is 1. The minimum Gasteiger partial charge on any atom is -0.486 e. The fraction of sp³-hybridized carbons (Fsp3) is 0.308. The fourth-order valence-corrected chi connectivity index (χ4v) is 4.47. The Bertz CT molecular complexity index is 1380. The summed E-state index contributed by atoms with van der Waals surface area (Å²) in [4.78, 5) is 40.8. The van der Waals surface area contributed by atoms with Gasteiger partial charge in [-0.3, -0.25) is 9.59 Å². The van der Waals surface area contributed by atoms with Gasteiger partial charge in [-0.1, -0.05) is 12.1 Å². The van der Waals surface area contributed by atoms with Crippen molar-refractivity contribution in [3.8, 4) is 16.9 Å². The molecule has 0 spiro atoms. The van der Waals surface area contributed by atoms with E-state index in [4.69, 9.17) is 19.7 Å². The number of ether oxygens (including phenoxy) is 1. The molecule has 16 heteroatoms. The van der Waals surface area contributed by atoms with Gasteiger partial charge < -0.3 is 24.7 Å². The summed E-state index contributed by atoms with van der Waals surface area (Å²) in [6, 6.07) is 9.31. The number of likely N-dealkylation sites (N-methyl/N-ethyl adjacent to an activating group) is 1. The smallest absolute Gasteiger partial charge is 0.486 e. The van der Waals surface area contributed by atoms with Crippen LogP contribution in [0.5, 0.6) is 5.75 Å². The number of carbonyl (C=O) groups excluding carboxylic acids is 1. The van der Waals surface area contributed by atoms with Gasteiger partial charge in [-0.2, -0.15) is 13.2 Å². The molecule has 42 heavy (non-hydrogen) atoms. The third-order valence-corrected chi connectivity index (χ3v) is 6.81. The zero-order valence-corrected chi connectivity index (χ0v) is 24.1. The number of carboxylic acid groups (broad SMARTS) is 2. The van der Waals surface area contributed by atoms with E-state index >= 15 is 0 Å². The van der Waals surface area contributed by atoms with Gasteiger partial charge in [-0.25, -0.2) is 18.6 Å². The van der Waals surface area contributed by atoms with Crippen molar-refractivity contribution in [2.24, 2.45) is 0 Å². The molecule has 1 heterocycles. The molecule has 0 aliphatic rings. The molecule has 0 saturated carbocycles. The second-order valence-corrected chi connectivity index (χ2v) is 10.4. The van der Waals surface area contributed by atoms with Gasteiger partial charge in [0.1, 0.15) is 29.6 Å². The maximum Gasteiger partial charge on any atom is 0.490 e. The molecule has 0 atom stereocenters. The molecular formula is C26H26F5N3O6S2. The minimum absolute atomic E-state index is 0.120. The van der Waals surface area contributed by atoms with Gasteiger partial charge in [0.25, 0.3) is 5.91 Å². The average Bonchev–Trinajstić information content (AvgIpc) is 3.39. The standard InChI is InChI=1S/C24H25F2N3O4S2.C2HF3O2/c1-28(2)8-9-29(12-23(30)31)24(32)20-14-35-22(27-20)13-33-16-6-4-15(5-7-16)17-10-18(25)19(26)11-21(17)34-3;3-2(4,5)1(6)7/h4-7,10-11,14H,8-9,12-13H2,1-3H3,(H,30,31);(H,6,7). The molecular weight excluding hydrogens is 609 g/mol. The van der Waals surface area contributed by atoms with Gasteiger partial charge >= 0.3 is 18.1 Å². The number of nitrogens with zero attached hydrogens (tertiary/aromatic N) is 3. The first-order valence-corrected chi connectivity index (χ1v) is 13.9. The molecule has 3 rings (SSSR count). The van der Waals surface area contributed by atoms with Crippen molar-refractivity contribution in [2.75, 3.05) is 40.0 Å². The van der Waals surface area contributed by atoms with E-state index in [1.807, 2.05) is 19.0 Å². The highest BCUT2D eigenvalue weighted by Crippen LogP contribution is 2.33. The second-order valence-electron chi connectivity index (χ2n) is 8.63. The summed E-state index contributed by atoms with van der Waals surface area (Å²) in [5.74, 6) is -5.54. The van der Waals surface area contributed by atoms with E-state index in [1.165, 1.54) is 40.1 Å². The quantitative estimate of drug-likeness (QED) is 0.219. The van der Waals surface area contributed by atoms with Gasteiger partial charge in [0, 0.05) is 23.4 Å². The minimum atomic E-state index is -5.08. The Balaban J connectivity index is 0.000000782. The van der Waals surface area contributed by atoms with Crippen LogP contribution in [0.4, 0.5) is 22.0 Å².